The number of hydrogen-bond donors (Lipinski definition) is 1. The van der Waals surface area contributed by atoms with Gasteiger partial charge in [-0.1, -0.05) is 30.7 Å². The van der Waals surface area contributed by atoms with Crippen molar-refractivity contribution in [3.8, 4) is 0 Å². The lowest BCUT2D eigenvalue weighted by Crippen LogP contribution is -1.94. The van der Waals surface area contributed by atoms with Gasteiger partial charge < -0.3 is 5.73 Å². The minimum Gasteiger partial charge on any atom is -0.391 e. The second-order valence-electron chi connectivity index (χ2n) is 3.77. The molecule has 0 atom stereocenters. The number of nitrogen functional groups attached to an aromatic ring is 1. The summed E-state index contributed by atoms with van der Waals surface area (Å²) in [5.74, 6) is 0. The van der Waals surface area contributed by atoms with Crippen LogP contribution in [0.5, 0.6) is 0 Å². The lowest BCUT2D eigenvalue weighted by Gasteiger charge is -2.08. The highest BCUT2D eigenvalue weighted by molar-refractivity contribution is 7.14. The van der Waals surface area contributed by atoms with Crippen molar-refractivity contribution in [1.29, 1.82) is 0 Å². The van der Waals surface area contributed by atoms with E-state index in [9.17, 15) is 0 Å². The van der Waals surface area contributed by atoms with Crippen LogP contribution in [0.2, 0.25) is 5.02 Å². The van der Waals surface area contributed by atoms with Crippen LogP contribution in [-0.2, 0) is 12.8 Å². The Hall–Kier alpha value is -0.990. The van der Waals surface area contributed by atoms with Crippen LogP contribution < -0.4 is 5.73 Å². The predicted octanol–water partition coefficient (Wildman–Crippen LogP) is 4.14. The Morgan fingerprint density at radius 2 is 2.19 bits per heavy atom. The minimum atomic E-state index is 0.851. The summed E-state index contributed by atoms with van der Waals surface area (Å²) >= 11 is 7.81. The van der Waals surface area contributed by atoms with E-state index in [4.69, 9.17) is 17.3 Å². The Balaban J connectivity index is 2.33. The third kappa shape index (κ3) is 2.39. The molecule has 0 aliphatic rings. The molecule has 0 spiro atoms. The predicted molar refractivity (Wildman–Crippen MR) is 72.4 cm³/mol. The van der Waals surface area contributed by atoms with E-state index < -0.39 is 0 Å². The average Bonchev–Trinajstić information content (AvgIpc) is 2.67. The van der Waals surface area contributed by atoms with Gasteiger partial charge >= 0.3 is 0 Å². The first kappa shape index (κ1) is 11.5. The molecule has 0 bridgehead atoms. The Bertz CT molecular complexity index is 490. The molecule has 1 nitrogen and oxygen atoms in total. The maximum atomic E-state index is 6.24. The van der Waals surface area contributed by atoms with Crippen molar-refractivity contribution in [1.82, 2.24) is 0 Å². The van der Waals surface area contributed by atoms with Crippen molar-refractivity contribution in [3.63, 3.8) is 0 Å². The first-order chi connectivity index (χ1) is 7.70. The molecule has 2 N–H and O–H groups in total. The number of rotatable bonds is 3. The first-order valence-corrected chi connectivity index (χ1v) is 6.55. The van der Waals surface area contributed by atoms with E-state index in [-0.39, 0.29) is 0 Å². The molecule has 1 heterocycles. The zero-order valence-electron chi connectivity index (χ0n) is 9.16. The molecule has 1 aromatic heterocycles. The molecule has 2 aromatic rings. The maximum Gasteiger partial charge on any atom is 0.0859 e. The summed E-state index contributed by atoms with van der Waals surface area (Å²) in [6, 6.07) is 8.11. The van der Waals surface area contributed by atoms with Gasteiger partial charge in [0.1, 0.15) is 0 Å². The van der Waals surface area contributed by atoms with Gasteiger partial charge in [0.05, 0.1) is 5.00 Å². The van der Waals surface area contributed by atoms with E-state index in [0.29, 0.717) is 0 Å². The summed E-state index contributed by atoms with van der Waals surface area (Å²) in [5.41, 5.74) is 9.51. The molecule has 0 aliphatic heterocycles. The summed E-state index contributed by atoms with van der Waals surface area (Å²) in [4.78, 5) is 0. The third-order valence-corrected chi connectivity index (χ3v) is 3.82. The zero-order valence-corrected chi connectivity index (χ0v) is 10.7. The zero-order chi connectivity index (χ0) is 11.5. The minimum absolute atomic E-state index is 0.851. The first-order valence-electron chi connectivity index (χ1n) is 5.30. The van der Waals surface area contributed by atoms with Crippen molar-refractivity contribution in [2.45, 2.75) is 19.8 Å². The third-order valence-electron chi connectivity index (χ3n) is 2.65. The largest absolute Gasteiger partial charge is 0.391 e. The van der Waals surface area contributed by atoms with Crippen LogP contribution in [0, 0.1) is 0 Å². The molecule has 0 fully saturated rings. The fourth-order valence-corrected chi connectivity index (χ4v) is 2.74. The molecule has 16 heavy (non-hydrogen) atoms. The van der Waals surface area contributed by atoms with Crippen molar-refractivity contribution in [2.75, 3.05) is 5.73 Å². The van der Waals surface area contributed by atoms with Crippen molar-refractivity contribution < 1.29 is 0 Å². The van der Waals surface area contributed by atoms with E-state index in [1.165, 1.54) is 16.7 Å². The Morgan fingerprint density at radius 1 is 1.38 bits per heavy atom. The average molecular weight is 252 g/mol. The van der Waals surface area contributed by atoms with Crippen LogP contribution in [-0.4, -0.2) is 0 Å². The van der Waals surface area contributed by atoms with Crippen LogP contribution in [0.3, 0.4) is 0 Å². The highest BCUT2D eigenvalue weighted by atomic mass is 35.5. The van der Waals surface area contributed by atoms with Gasteiger partial charge in [0.15, 0.2) is 0 Å². The molecule has 2 rings (SSSR count). The van der Waals surface area contributed by atoms with Gasteiger partial charge in [0, 0.05) is 11.4 Å². The summed E-state index contributed by atoms with van der Waals surface area (Å²) in [7, 11) is 0. The van der Waals surface area contributed by atoms with Gasteiger partial charge in [-0.15, -0.1) is 11.3 Å². The smallest absolute Gasteiger partial charge is 0.0859 e. The number of benzene rings is 1. The lowest BCUT2D eigenvalue weighted by atomic mass is 10.00. The Morgan fingerprint density at radius 3 is 2.81 bits per heavy atom. The topological polar surface area (TPSA) is 26.0 Å². The molecule has 0 amide bonds. The number of anilines is 1. The molecule has 0 saturated carbocycles. The highest BCUT2D eigenvalue weighted by Crippen LogP contribution is 2.26. The normalized spacial score (nSPS) is 10.6. The van der Waals surface area contributed by atoms with Crippen molar-refractivity contribution >= 4 is 27.9 Å². The number of hydrogen-bond acceptors (Lipinski definition) is 2. The number of nitrogens with two attached hydrogens (primary N) is 1. The standard InChI is InChI=1S/C13H14ClNS/c1-2-10-4-3-5-12(14)11(10)6-9-7-13(15)16-8-9/h3-5,7-8H,2,6,15H2,1H3. The molecule has 0 unspecified atom stereocenters. The van der Waals surface area contributed by atoms with Crippen molar-refractivity contribution in [2.24, 2.45) is 0 Å². The van der Waals surface area contributed by atoms with Gasteiger partial charge in [-0.25, -0.2) is 0 Å². The van der Waals surface area contributed by atoms with E-state index >= 15 is 0 Å². The van der Waals surface area contributed by atoms with Crippen LogP contribution in [0.15, 0.2) is 29.6 Å². The molecular weight excluding hydrogens is 238 g/mol. The number of aryl methyl sites for hydroxylation is 1. The van der Waals surface area contributed by atoms with E-state index in [2.05, 4.69) is 18.4 Å². The molecular formula is C13H14ClNS. The van der Waals surface area contributed by atoms with Gasteiger partial charge in [0.25, 0.3) is 0 Å². The Kier molecular flexibility index (Phi) is 3.52. The second-order valence-corrected chi connectivity index (χ2v) is 5.12. The summed E-state index contributed by atoms with van der Waals surface area (Å²) in [6.07, 6.45) is 1.88. The number of thiophene rings is 1. The van der Waals surface area contributed by atoms with Crippen LogP contribution in [0.1, 0.15) is 23.6 Å². The molecule has 84 valence electrons. The SMILES string of the molecule is CCc1cccc(Cl)c1Cc1csc(N)c1. The second kappa shape index (κ2) is 4.89. The van der Waals surface area contributed by atoms with Crippen LogP contribution in [0.25, 0.3) is 0 Å². The summed E-state index contributed by atoms with van der Waals surface area (Å²) in [5, 5.41) is 3.81. The van der Waals surface area contributed by atoms with E-state index in [1.54, 1.807) is 11.3 Å². The molecule has 1 aromatic carbocycles. The monoisotopic (exact) mass is 251 g/mol. The highest BCUT2D eigenvalue weighted by Gasteiger charge is 2.07. The van der Waals surface area contributed by atoms with Gasteiger partial charge in [-0.05, 0) is 40.6 Å². The quantitative estimate of drug-likeness (QED) is 0.872. The van der Waals surface area contributed by atoms with E-state index in [0.717, 1.165) is 22.9 Å². The Labute approximate surface area is 105 Å². The van der Waals surface area contributed by atoms with Crippen LogP contribution in [0.4, 0.5) is 5.00 Å². The fourth-order valence-electron chi connectivity index (χ4n) is 1.82. The van der Waals surface area contributed by atoms with Gasteiger partial charge in [-0.3, -0.25) is 0 Å². The maximum absolute atomic E-state index is 6.24. The molecule has 0 saturated heterocycles. The number of halogens is 1. The van der Waals surface area contributed by atoms with Gasteiger partial charge in [-0.2, -0.15) is 0 Å². The molecule has 0 radical (unpaired) electrons. The fraction of sp³-hybridized carbons (Fsp3) is 0.231. The molecule has 3 heteroatoms. The van der Waals surface area contributed by atoms with Crippen molar-refractivity contribution in [3.05, 3.63) is 51.4 Å². The summed E-state index contributed by atoms with van der Waals surface area (Å²) < 4.78 is 0. The van der Waals surface area contributed by atoms with Gasteiger partial charge in [0.2, 0.25) is 0 Å². The van der Waals surface area contributed by atoms with Crippen LogP contribution >= 0.6 is 22.9 Å². The lowest BCUT2D eigenvalue weighted by molar-refractivity contribution is 1.06. The summed E-state index contributed by atoms with van der Waals surface area (Å²) in [6.45, 7) is 2.15. The van der Waals surface area contributed by atoms with E-state index in [1.807, 2.05) is 18.2 Å². The molecule has 0 aliphatic carbocycles.